The molecule has 0 spiro atoms. The second kappa shape index (κ2) is 5.03. The van der Waals surface area contributed by atoms with Gasteiger partial charge in [0.2, 0.25) is 0 Å². The Morgan fingerprint density at radius 3 is 2.39 bits per heavy atom. The van der Waals surface area contributed by atoms with Crippen LogP contribution in [0.3, 0.4) is 0 Å². The van der Waals surface area contributed by atoms with Gasteiger partial charge in [-0.05, 0) is 5.56 Å². The molecule has 0 bridgehead atoms. The third-order valence-electron chi connectivity index (χ3n) is 2.87. The first-order chi connectivity index (χ1) is 8.52. The third-order valence-corrected chi connectivity index (χ3v) is 4.68. The molecule has 0 aliphatic rings. The number of aromatic nitrogens is 3. The molecule has 96 valence electrons. The Morgan fingerprint density at radius 2 is 1.83 bits per heavy atom. The van der Waals surface area contributed by atoms with Crippen molar-refractivity contribution in [3.63, 3.8) is 0 Å². The van der Waals surface area contributed by atoms with Crippen LogP contribution in [0.4, 0.5) is 0 Å². The molecule has 0 saturated heterocycles. The first-order valence-corrected chi connectivity index (χ1v) is 9.60. The van der Waals surface area contributed by atoms with Crippen LogP contribution in [0.25, 0.3) is 0 Å². The fourth-order valence-electron chi connectivity index (χ4n) is 1.96. The number of aliphatic hydroxyl groups excluding tert-OH is 1. The van der Waals surface area contributed by atoms with E-state index >= 15 is 0 Å². The minimum Gasteiger partial charge on any atom is -0.390 e. The van der Waals surface area contributed by atoms with Gasteiger partial charge < -0.3 is 5.11 Å². The molecule has 1 heterocycles. The minimum absolute atomic E-state index is 0.000559. The molecule has 18 heavy (non-hydrogen) atoms. The van der Waals surface area contributed by atoms with Gasteiger partial charge in [0.1, 0.15) is 8.07 Å². The van der Waals surface area contributed by atoms with Gasteiger partial charge in [-0.1, -0.05) is 55.2 Å². The standard InChI is InChI=1S/C13H19N3OSi/c1-18(2,3)13-12(10-17)16(15-14-13)9-11-7-5-4-6-8-11/h4-8,17H,9-10H2,1-3H3. The van der Waals surface area contributed by atoms with Gasteiger partial charge in [0.15, 0.2) is 0 Å². The number of rotatable bonds is 4. The molecule has 0 unspecified atom stereocenters. The number of aliphatic hydroxyl groups is 1. The van der Waals surface area contributed by atoms with Crippen LogP contribution in [0, 0.1) is 0 Å². The molecular formula is C13H19N3OSi. The fourth-order valence-corrected chi connectivity index (χ4v) is 3.37. The molecule has 1 aromatic heterocycles. The zero-order valence-electron chi connectivity index (χ0n) is 11.1. The van der Waals surface area contributed by atoms with E-state index < -0.39 is 8.07 Å². The zero-order valence-corrected chi connectivity index (χ0v) is 12.1. The highest BCUT2D eigenvalue weighted by atomic mass is 28.3. The number of nitrogens with zero attached hydrogens (tertiary/aromatic N) is 3. The number of hydrogen-bond acceptors (Lipinski definition) is 3. The maximum atomic E-state index is 9.55. The van der Waals surface area contributed by atoms with Crippen molar-refractivity contribution in [3.05, 3.63) is 41.6 Å². The van der Waals surface area contributed by atoms with Gasteiger partial charge in [0, 0.05) is 0 Å². The average molecular weight is 261 g/mol. The van der Waals surface area contributed by atoms with Crippen LogP contribution in [0.15, 0.2) is 30.3 Å². The molecule has 2 aromatic rings. The lowest BCUT2D eigenvalue weighted by atomic mass is 10.2. The fraction of sp³-hybridized carbons (Fsp3) is 0.385. The lowest BCUT2D eigenvalue weighted by molar-refractivity contribution is 0.270. The topological polar surface area (TPSA) is 50.9 Å². The Hall–Kier alpha value is -1.46. The molecule has 4 nitrogen and oxygen atoms in total. The molecule has 1 N–H and O–H groups in total. The van der Waals surface area contributed by atoms with E-state index in [1.807, 2.05) is 22.9 Å². The Bertz CT molecular complexity index is 517. The maximum Gasteiger partial charge on any atom is 0.106 e. The molecule has 0 aliphatic carbocycles. The van der Waals surface area contributed by atoms with Crippen molar-refractivity contribution in [2.24, 2.45) is 0 Å². The Kier molecular flexibility index (Phi) is 3.63. The van der Waals surface area contributed by atoms with Crippen LogP contribution < -0.4 is 5.32 Å². The Balaban J connectivity index is 2.32. The van der Waals surface area contributed by atoms with Crippen LogP contribution in [0.1, 0.15) is 11.3 Å². The summed E-state index contributed by atoms with van der Waals surface area (Å²) in [7, 11) is -1.55. The third kappa shape index (κ3) is 2.68. The highest BCUT2D eigenvalue weighted by Gasteiger charge is 2.25. The summed E-state index contributed by atoms with van der Waals surface area (Å²) in [4.78, 5) is 0. The zero-order chi connectivity index (χ0) is 13.2. The van der Waals surface area contributed by atoms with Crippen LogP contribution in [0.5, 0.6) is 0 Å². The van der Waals surface area contributed by atoms with Gasteiger partial charge in [-0.15, -0.1) is 5.10 Å². The van der Waals surface area contributed by atoms with Crippen molar-refractivity contribution >= 4 is 13.4 Å². The number of benzene rings is 1. The van der Waals surface area contributed by atoms with Crippen molar-refractivity contribution < 1.29 is 5.11 Å². The van der Waals surface area contributed by atoms with Gasteiger partial charge in [0.25, 0.3) is 0 Å². The van der Waals surface area contributed by atoms with Crippen LogP contribution in [-0.2, 0) is 13.2 Å². The minimum atomic E-state index is -1.55. The van der Waals surface area contributed by atoms with Crippen molar-refractivity contribution in [2.45, 2.75) is 32.8 Å². The Labute approximate surface area is 108 Å². The van der Waals surface area contributed by atoms with Crippen LogP contribution in [0.2, 0.25) is 19.6 Å². The quantitative estimate of drug-likeness (QED) is 0.846. The average Bonchev–Trinajstić information content (AvgIpc) is 2.73. The molecule has 0 radical (unpaired) electrons. The summed E-state index contributed by atoms with van der Waals surface area (Å²) in [5.74, 6) is 0. The summed E-state index contributed by atoms with van der Waals surface area (Å²) in [6.45, 7) is 7.29. The normalized spacial score (nSPS) is 11.8. The lowest BCUT2D eigenvalue weighted by Gasteiger charge is -2.14. The predicted octanol–water partition coefficient (Wildman–Crippen LogP) is 1.36. The van der Waals surface area contributed by atoms with Gasteiger partial charge in [-0.25, -0.2) is 4.68 Å². The van der Waals surface area contributed by atoms with Crippen LogP contribution in [-0.4, -0.2) is 28.2 Å². The highest BCUT2D eigenvalue weighted by Crippen LogP contribution is 2.08. The molecular weight excluding hydrogens is 242 g/mol. The van der Waals surface area contributed by atoms with E-state index in [1.54, 1.807) is 0 Å². The predicted molar refractivity (Wildman–Crippen MR) is 74.5 cm³/mol. The second-order valence-corrected chi connectivity index (χ2v) is 10.4. The molecule has 0 aliphatic heterocycles. The largest absolute Gasteiger partial charge is 0.390 e. The van der Waals surface area contributed by atoms with Crippen LogP contribution >= 0.6 is 0 Å². The molecule has 1 aromatic carbocycles. The van der Waals surface area contributed by atoms with Crippen molar-refractivity contribution in [3.8, 4) is 0 Å². The molecule has 0 atom stereocenters. The summed E-state index contributed by atoms with van der Waals surface area (Å²) in [5.41, 5.74) is 2.03. The lowest BCUT2D eigenvalue weighted by Crippen LogP contribution is -2.41. The second-order valence-electron chi connectivity index (χ2n) is 5.44. The van der Waals surface area contributed by atoms with E-state index in [1.165, 1.54) is 5.56 Å². The summed E-state index contributed by atoms with van der Waals surface area (Å²) in [6, 6.07) is 10.1. The SMILES string of the molecule is C[Si](C)(C)c1nnn(Cc2ccccc2)c1CO. The first kappa shape index (κ1) is 13.0. The van der Waals surface area contributed by atoms with Gasteiger partial charge >= 0.3 is 0 Å². The summed E-state index contributed by atoms with van der Waals surface area (Å²) < 4.78 is 1.81. The van der Waals surface area contributed by atoms with E-state index in [2.05, 4.69) is 42.1 Å². The van der Waals surface area contributed by atoms with Crippen molar-refractivity contribution in [1.82, 2.24) is 15.0 Å². The van der Waals surface area contributed by atoms with E-state index in [9.17, 15) is 5.11 Å². The summed E-state index contributed by atoms with van der Waals surface area (Å²) in [5, 5.41) is 19.0. The monoisotopic (exact) mass is 261 g/mol. The summed E-state index contributed by atoms with van der Waals surface area (Å²) in [6.07, 6.45) is 0. The molecule has 0 amide bonds. The molecule has 0 saturated carbocycles. The highest BCUT2D eigenvalue weighted by molar-refractivity contribution is 6.88. The smallest absolute Gasteiger partial charge is 0.106 e. The molecule has 0 fully saturated rings. The summed E-state index contributed by atoms with van der Waals surface area (Å²) >= 11 is 0. The van der Waals surface area contributed by atoms with Gasteiger partial charge in [-0.3, -0.25) is 0 Å². The van der Waals surface area contributed by atoms with Crippen molar-refractivity contribution in [1.29, 1.82) is 0 Å². The molecule has 5 heteroatoms. The van der Waals surface area contributed by atoms with Gasteiger partial charge in [0.05, 0.1) is 24.2 Å². The van der Waals surface area contributed by atoms with E-state index in [4.69, 9.17) is 0 Å². The van der Waals surface area contributed by atoms with E-state index in [0.29, 0.717) is 6.54 Å². The van der Waals surface area contributed by atoms with Crippen molar-refractivity contribution in [2.75, 3.05) is 0 Å². The number of hydrogen-bond donors (Lipinski definition) is 1. The first-order valence-electron chi connectivity index (χ1n) is 6.10. The molecule has 2 rings (SSSR count). The van der Waals surface area contributed by atoms with E-state index in [-0.39, 0.29) is 6.61 Å². The Morgan fingerprint density at radius 1 is 1.17 bits per heavy atom. The maximum absolute atomic E-state index is 9.55. The van der Waals surface area contributed by atoms with Gasteiger partial charge in [-0.2, -0.15) is 0 Å². The van der Waals surface area contributed by atoms with E-state index in [0.717, 1.165) is 11.0 Å².